The number of fused-ring (bicyclic) bond motifs is 1. The number of sulfonamides is 1. The summed E-state index contributed by atoms with van der Waals surface area (Å²) in [6, 6.07) is 9.72. The second kappa shape index (κ2) is 8.31. The third kappa shape index (κ3) is 4.47. The lowest BCUT2D eigenvalue weighted by Gasteiger charge is -2.30. The Morgan fingerprint density at radius 1 is 0.900 bits per heavy atom. The minimum Gasteiger partial charge on any atom is -0.377 e. The molecule has 0 amide bonds. The van der Waals surface area contributed by atoms with Crippen LogP contribution >= 0.6 is 15.2 Å². The maximum Gasteiger partial charge on any atom is 0.369 e. The fourth-order valence-electron chi connectivity index (χ4n) is 2.94. The van der Waals surface area contributed by atoms with Crippen LogP contribution in [-0.4, -0.2) is 70.2 Å². The van der Waals surface area contributed by atoms with Crippen molar-refractivity contribution in [2.24, 2.45) is 0 Å². The molecule has 0 aliphatic carbocycles. The highest BCUT2D eigenvalue weighted by atomic mass is 32.2. The molecule has 0 aliphatic heterocycles. The van der Waals surface area contributed by atoms with Crippen molar-refractivity contribution in [2.75, 3.05) is 32.6 Å². The van der Waals surface area contributed by atoms with Gasteiger partial charge in [0.1, 0.15) is 0 Å². The molecular formula is C16H24N2O9P2S. The fourth-order valence-corrected chi connectivity index (χ4v) is 6.45. The molecule has 2 rings (SSSR count). The number of hydrogen-bond acceptors (Lipinski definition) is 6. The molecule has 2 aromatic carbocycles. The van der Waals surface area contributed by atoms with Crippen LogP contribution in [0.5, 0.6) is 0 Å². The zero-order valence-electron chi connectivity index (χ0n) is 16.4. The average Bonchev–Trinajstić information content (AvgIpc) is 2.62. The third-order valence-electron chi connectivity index (χ3n) is 4.72. The molecule has 0 saturated heterocycles. The van der Waals surface area contributed by atoms with E-state index in [2.05, 4.69) is 0 Å². The molecular weight excluding hydrogens is 458 g/mol. The first-order valence-electron chi connectivity index (χ1n) is 8.53. The molecule has 0 unspecified atom stereocenters. The quantitative estimate of drug-likeness (QED) is 0.340. The molecule has 0 aromatic heterocycles. The predicted molar refractivity (Wildman–Crippen MR) is 112 cm³/mol. The largest absolute Gasteiger partial charge is 0.377 e. The Labute approximate surface area is 173 Å². The van der Waals surface area contributed by atoms with Crippen LogP contribution < -0.4 is 4.90 Å². The number of aliphatic hydroxyl groups is 1. The SMILES string of the molecule is CN(C)c1cccc2c(S(=O)(=O)N(C)CCC(O)(P(=O)(O)O)P(=O)(O)O)cccc12. The molecule has 0 aliphatic rings. The lowest BCUT2D eigenvalue weighted by atomic mass is 10.1. The summed E-state index contributed by atoms with van der Waals surface area (Å²) in [5.41, 5.74) is 0.768. The first-order chi connectivity index (χ1) is 13.5. The lowest BCUT2D eigenvalue weighted by molar-refractivity contribution is 0.119. The number of anilines is 1. The standard InChI is InChI=1S/C16H24N2O9P2S/c1-17(2)14-8-4-7-13-12(14)6-5-9-15(13)30(26,27)18(3)11-10-16(19,28(20,21)22)29(23,24)25/h4-9,19H,10-11H2,1-3H3,(H2,20,21,22)(H2,23,24,25). The van der Waals surface area contributed by atoms with E-state index in [0.29, 0.717) is 15.1 Å². The Morgan fingerprint density at radius 2 is 1.40 bits per heavy atom. The van der Waals surface area contributed by atoms with Crippen molar-refractivity contribution in [3.63, 3.8) is 0 Å². The van der Waals surface area contributed by atoms with Gasteiger partial charge in [-0.2, -0.15) is 0 Å². The van der Waals surface area contributed by atoms with Gasteiger partial charge in [0.2, 0.25) is 10.0 Å². The van der Waals surface area contributed by atoms with E-state index in [-0.39, 0.29) is 4.90 Å². The maximum absolute atomic E-state index is 13.1. The number of rotatable bonds is 8. The number of nitrogens with zero attached hydrogens (tertiary/aromatic N) is 2. The van der Waals surface area contributed by atoms with Crippen molar-refractivity contribution in [1.29, 1.82) is 0 Å². The average molecular weight is 482 g/mol. The Morgan fingerprint density at radius 3 is 1.90 bits per heavy atom. The summed E-state index contributed by atoms with van der Waals surface area (Å²) in [7, 11) is -10.9. The minimum absolute atomic E-state index is 0.0953. The molecule has 0 fully saturated rings. The van der Waals surface area contributed by atoms with Gasteiger partial charge in [0.05, 0.1) is 4.90 Å². The van der Waals surface area contributed by atoms with Crippen LogP contribution in [0.2, 0.25) is 0 Å². The third-order valence-corrected chi connectivity index (χ3v) is 10.5. The highest BCUT2D eigenvalue weighted by molar-refractivity contribution is 7.89. The van der Waals surface area contributed by atoms with Gasteiger partial charge in [-0.1, -0.05) is 24.3 Å². The van der Waals surface area contributed by atoms with Gasteiger partial charge in [-0.15, -0.1) is 0 Å². The van der Waals surface area contributed by atoms with Crippen molar-refractivity contribution in [2.45, 2.75) is 16.4 Å². The van der Waals surface area contributed by atoms with Crippen molar-refractivity contribution >= 4 is 41.7 Å². The molecule has 0 saturated carbocycles. The van der Waals surface area contributed by atoms with Gasteiger partial charge < -0.3 is 29.6 Å². The fraction of sp³-hybridized carbons (Fsp3) is 0.375. The maximum atomic E-state index is 13.1. The van der Waals surface area contributed by atoms with Gasteiger partial charge in [0.25, 0.3) is 5.08 Å². The molecule has 0 heterocycles. The van der Waals surface area contributed by atoms with E-state index in [1.54, 1.807) is 32.3 Å². The highest BCUT2D eigenvalue weighted by Gasteiger charge is 2.59. The van der Waals surface area contributed by atoms with E-state index >= 15 is 0 Å². The molecule has 11 nitrogen and oxygen atoms in total. The molecule has 0 bridgehead atoms. The van der Waals surface area contributed by atoms with Crippen molar-refractivity contribution in [1.82, 2.24) is 4.31 Å². The van der Waals surface area contributed by atoms with Crippen LogP contribution in [-0.2, 0) is 19.2 Å². The van der Waals surface area contributed by atoms with Crippen molar-refractivity contribution < 1.29 is 42.2 Å². The molecule has 0 atom stereocenters. The van der Waals surface area contributed by atoms with E-state index in [0.717, 1.165) is 12.7 Å². The van der Waals surface area contributed by atoms with Crippen molar-refractivity contribution in [3.8, 4) is 0 Å². The van der Waals surface area contributed by atoms with Gasteiger partial charge in [0, 0.05) is 50.6 Å². The molecule has 0 spiro atoms. The highest BCUT2D eigenvalue weighted by Crippen LogP contribution is 2.68. The van der Waals surface area contributed by atoms with Crippen LogP contribution in [0.4, 0.5) is 5.69 Å². The molecule has 168 valence electrons. The summed E-state index contributed by atoms with van der Waals surface area (Å²) in [5.74, 6) is 0. The van der Waals surface area contributed by atoms with Gasteiger partial charge in [-0.05, 0) is 12.1 Å². The zero-order chi connectivity index (χ0) is 23.1. The Kier molecular flexibility index (Phi) is 6.91. The van der Waals surface area contributed by atoms with Gasteiger partial charge in [-0.3, -0.25) is 9.13 Å². The molecule has 2 aromatic rings. The lowest BCUT2D eigenvalue weighted by Crippen LogP contribution is -2.36. The van der Waals surface area contributed by atoms with Crippen molar-refractivity contribution in [3.05, 3.63) is 36.4 Å². The Bertz CT molecular complexity index is 1120. The van der Waals surface area contributed by atoms with Gasteiger partial charge in [-0.25, -0.2) is 12.7 Å². The first kappa shape index (κ1) is 24.9. The summed E-state index contributed by atoms with van der Waals surface area (Å²) >= 11 is 0. The van der Waals surface area contributed by atoms with Crippen LogP contribution in [0.3, 0.4) is 0 Å². The molecule has 5 N–H and O–H groups in total. The summed E-state index contributed by atoms with van der Waals surface area (Å²) in [6.07, 6.45) is -1.18. The molecule has 0 radical (unpaired) electrons. The second-order valence-corrected chi connectivity index (χ2v) is 13.0. The zero-order valence-corrected chi connectivity index (χ0v) is 19.0. The molecule has 14 heteroatoms. The minimum atomic E-state index is -5.68. The smallest absolute Gasteiger partial charge is 0.369 e. The summed E-state index contributed by atoms with van der Waals surface area (Å²) in [5, 5.41) is 7.34. The van der Waals surface area contributed by atoms with E-state index in [1.807, 2.05) is 11.0 Å². The number of benzene rings is 2. The van der Waals surface area contributed by atoms with E-state index in [9.17, 15) is 42.2 Å². The summed E-state index contributed by atoms with van der Waals surface area (Å²) < 4.78 is 49.8. The predicted octanol–water partition coefficient (Wildman–Crippen LogP) is 0.918. The molecule has 30 heavy (non-hydrogen) atoms. The van der Waals surface area contributed by atoms with E-state index in [1.165, 1.54) is 12.1 Å². The van der Waals surface area contributed by atoms with Crippen LogP contribution in [0.15, 0.2) is 41.3 Å². The topological polar surface area (TPSA) is 176 Å². The van der Waals surface area contributed by atoms with Gasteiger partial charge in [0.15, 0.2) is 0 Å². The van der Waals surface area contributed by atoms with Crippen LogP contribution in [0, 0.1) is 0 Å². The number of hydrogen-bond donors (Lipinski definition) is 5. The Hall–Kier alpha value is -1.33. The van der Waals surface area contributed by atoms with Crippen LogP contribution in [0.1, 0.15) is 6.42 Å². The van der Waals surface area contributed by atoms with Crippen LogP contribution in [0.25, 0.3) is 10.8 Å². The summed E-state index contributed by atoms with van der Waals surface area (Å²) in [6.45, 7) is -0.751. The second-order valence-electron chi connectivity index (χ2n) is 6.96. The summed E-state index contributed by atoms with van der Waals surface area (Å²) in [4.78, 5) is 38.6. The Balaban J connectivity index is 2.47. The van der Waals surface area contributed by atoms with Gasteiger partial charge >= 0.3 is 15.2 Å². The van der Waals surface area contributed by atoms with E-state index in [4.69, 9.17) is 0 Å². The van der Waals surface area contributed by atoms with E-state index < -0.39 is 43.3 Å². The first-order valence-corrected chi connectivity index (χ1v) is 13.2. The monoisotopic (exact) mass is 482 g/mol. The normalized spacial score (nSPS) is 13.8.